The largest absolute Gasteiger partial charge is 0.393 e. The topological polar surface area (TPSA) is 75.0 Å². The summed E-state index contributed by atoms with van der Waals surface area (Å²) >= 11 is 4.80. The van der Waals surface area contributed by atoms with E-state index in [0.717, 1.165) is 5.69 Å². The Morgan fingerprint density at radius 1 is 1.69 bits per heavy atom. The number of aromatic amines is 1. The molecule has 0 atom stereocenters. The van der Waals surface area contributed by atoms with E-state index in [9.17, 15) is 4.79 Å². The number of hydrogen-bond acceptors (Lipinski definition) is 3. The van der Waals surface area contributed by atoms with Crippen LogP contribution in [0, 0.1) is 6.92 Å². The molecule has 5 nitrogen and oxygen atoms in total. The molecule has 1 rings (SSSR count). The van der Waals surface area contributed by atoms with Crippen molar-refractivity contribution in [3.63, 3.8) is 0 Å². The Morgan fingerprint density at radius 2 is 2.38 bits per heavy atom. The molecule has 0 saturated heterocycles. The molecule has 1 amide bonds. The van der Waals surface area contributed by atoms with Crippen LogP contribution in [0.4, 0.5) is 0 Å². The minimum Gasteiger partial charge on any atom is -0.393 e. The molecular weight excluding hydrogens is 224 g/mol. The Hall–Kier alpha value is -1.43. The van der Waals surface area contributed by atoms with Gasteiger partial charge in [-0.05, 0) is 13.8 Å². The second-order valence-corrected chi connectivity index (χ2v) is 4.03. The fourth-order valence-electron chi connectivity index (χ4n) is 1.39. The number of nitrogens with one attached hydrogen (secondary N) is 1. The second kappa shape index (κ2) is 5.60. The highest BCUT2D eigenvalue weighted by atomic mass is 32.1. The number of aromatic nitrogens is 2. The number of H-pyrrole nitrogens is 1. The molecule has 16 heavy (non-hydrogen) atoms. The Balaban J connectivity index is 2.70. The first-order chi connectivity index (χ1) is 7.56. The fraction of sp³-hybridized carbons (Fsp3) is 0.500. The number of carbonyl (C=O) groups is 1. The van der Waals surface area contributed by atoms with E-state index in [2.05, 4.69) is 10.2 Å². The number of aryl methyl sites for hydroxylation is 1. The van der Waals surface area contributed by atoms with Crippen LogP contribution in [0.2, 0.25) is 0 Å². The summed E-state index contributed by atoms with van der Waals surface area (Å²) in [7, 11) is 0. The van der Waals surface area contributed by atoms with Crippen molar-refractivity contribution < 1.29 is 4.79 Å². The van der Waals surface area contributed by atoms with Gasteiger partial charge in [0.2, 0.25) is 0 Å². The van der Waals surface area contributed by atoms with Gasteiger partial charge in [0.05, 0.1) is 16.7 Å². The fourth-order valence-corrected chi connectivity index (χ4v) is 1.48. The minimum atomic E-state index is -0.0370. The van der Waals surface area contributed by atoms with Gasteiger partial charge in [0.1, 0.15) is 0 Å². The zero-order valence-corrected chi connectivity index (χ0v) is 10.3. The third-order valence-electron chi connectivity index (χ3n) is 2.36. The molecule has 0 aliphatic heterocycles. The van der Waals surface area contributed by atoms with Crippen molar-refractivity contribution in [3.8, 4) is 0 Å². The molecule has 1 aromatic heterocycles. The van der Waals surface area contributed by atoms with Crippen LogP contribution in [-0.2, 0) is 0 Å². The summed E-state index contributed by atoms with van der Waals surface area (Å²) in [4.78, 5) is 14.2. The molecule has 0 aliphatic rings. The van der Waals surface area contributed by atoms with Crippen LogP contribution >= 0.6 is 12.2 Å². The number of amides is 1. The van der Waals surface area contributed by atoms with Gasteiger partial charge in [-0.25, -0.2) is 0 Å². The smallest absolute Gasteiger partial charge is 0.257 e. The molecule has 0 radical (unpaired) electrons. The van der Waals surface area contributed by atoms with Crippen LogP contribution in [0.15, 0.2) is 6.20 Å². The lowest BCUT2D eigenvalue weighted by Gasteiger charge is -2.20. The van der Waals surface area contributed by atoms with Gasteiger partial charge in [-0.1, -0.05) is 12.2 Å². The molecule has 0 aliphatic carbocycles. The van der Waals surface area contributed by atoms with Gasteiger partial charge in [-0.2, -0.15) is 5.10 Å². The third-order valence-corrected chi connectivity index (χ3v) is 2.56. The standard InChI is InChI=1S/C10H16N4OS/c1-3-14(5-4-9(11)16)10(15)8-6-12-13-7(8)2/h6H,3-5H2,1-2H3,(H2,11,16)(H,12,13). The average Bonchev–Trinajstić information content (AvgIpc) is 2.64. The van der Waals surface area contributed by atoms with E-state index in [1.807, 2.05) is 13.8 Å². The maximum atomic E-state index is 12.1. The maximum absolute atomic E-state index is 12.1. The summed E-state index contributed by atoms with van der Waals surface area (Å²) in [5.41, 5.74) is 6.80. The molecule has 0 unspecified atom stereocenters. The highest BCUT2D eigenvalue weighted by molar-refractivity contribution is 7.80. The lowest BCUT2D eigenvalue weighted by Crippen LogP contribution is -2.33. The predicted molar refractivity (Wildman–Crippen MR) is 66.3 cm³/mol. The quantitative estimate of drug-likeness (QED) is 0.748. The van der Waals surface area contributed by atoms with Crippen molar-refractivity contribution in [2.75, 3.05) is 13.1 Å². The van der Waals surface area contributed by atoms with E-state index in [-0.39, 0.29) is 5.91 Å². The van der Waals surface area contributed by atoms with E-state index in [1.54, 1.807) is 11.1 Å². The first kappa shape index (κ1) is 12.6. The molecule has 0 bridgehead atoms. The van der Waals surface area contributed by atoms with Gasteiger partial charge < -0.3 is 10.6 Å². The van der Waals surface area contributed by atoms with Gasteiger partial charge in [0.15, 0.2) is 0 Å². The predicted octanol–water partition coefficient (Wildman–Crippen LogP) is 0.856. The summed E-state index contributed by atoms with van der Waals surface area (Å²) in [6.07, 6.45) is 2.09. The van der Waals surface area contributed by atoms with E-state index < -0.39 is 0 Å². The number of nitrogens with zero attached hydrogens (tertiary/aromatic N) is 2. The highest BCUT2D eigenvalue weighted by Gasteiger charge is 2.17. The second-order valence-electron chi connectivity index (χ2n) is 3.51. The summed E-state index contributed by atoms with van der Waals surface area (Å²) in [5, 5.41) is 6.58. The molecule has 0 fully saturated rings. The summed E-state index contributed by atoms with van der Waals surface area (Å²) in [5.74, 6) is -0.0370. The van der Waals surface area contributed by atoms with E-state index in [0.29, 0.717) is 30.1 Å². The van der Waals surface area contributed by atoms with Gasteiger partial charge in [-0.15, -0.1) is 0 Å². The monoisotopic (exact) mass is 240 g/mol. The SMILES string of the molecule is CCN(CCC(N)=S)C(=O)c1cn[nH]c1C. The third kappa shape index (κ3) is 3.03. The van der Waals surface area contributed by atoms with Crippen LogP contribution in [0.25, 0.3) is 0 Å². The molecule has 1 aromatic rings. The van der Waals surface area contributed by atoms with E-state index in [1.165, 1.54) is 0 Å². The normalized spacial score (nSPS) is 10.1. The van der Waals surface area contributed by atoms with Gasteiger partial charge in [0.25, 0.3) is 5.91 Å². The first-order valence-electron chi connectivity index (χ1n) is 5.13. The number of carbonyl (C=O) groups excluding carboxylic acids is 1. The lowest BCUT2D eigenvalue weighted by atomic mass is 10.2. The molecule has 88 valence electrons. The van der Waals surface area contributed by atoms with E-state index in [4.69, 9.17) is 18.0 Å². The first-order valence-corrected chi connectivity index (χ1v) is 5.54. The Labute approximate surface area is 100 Å². The van der Waals surface area contributed by atoms with Gasteiger partial charge >= 0.3 is 0 Å². The van der Waals surface area contributed by atoms with Crippen molar-refractivity contribution in [3.05, 3.63) is 17.5 Å². The Bertz CT molecular complexity index is 388. The van der Waals surface area contributed by atoms with Crippen molar-refractivity contribution in [2.24, 2.45) is 5.73 Å². The van der Waals surface area contributed by atoms with Crippen LogP contribution in [-0.4, -0.2) is 39.1 Å². The van der Waals surface area contributed by atoms with Crippen LogP contribution < -0.4 is 5.73 Å². The van der Waals surface area contributed by atoms with Gasteiger partial charge in [-0.3, -0.25) is 9.89 Å². The minimum absolute atomic E-state index is 0.0370. The summed E-state index contributed by atoms with van der Waals surface area (Å²) < 4.78 is 0. The lowest BCUT2D eigenvalue weighted by molar-refractivity contribution is 0.0768. The van der Waals surface area contributed by atoms with Gasteiger partial charge in [0, 0.05) is 25.2 Å². The molecule has 0 saturated carbocycles. The van der Waals surface area contributed by atoms with Crippen molar-refractivity contribution >= 4 is 23.1 Å². The van der Waals surface area contributed by atoms with E-state index >= 15 is 0 Å². The molecule has 3 N–H and O–H groups in total. The molecule has 6 heteroatoms. The number of thiocarbonyl (C=S) groups is 1. The number of rotatable bonds is 5. The molecule has 0 spiro atoms. The van der Waals surface area contributed by atoms with Crippen LogP contribution in [0.5, 0.6) is 0 Å². The zero-order chi connectivity index (χ0) is 12.1. The van der Waals surface area contributed by atoms with Crippen molar-refractivity contribution in [1.29, 1.82) is 0 Å². The average molecular weight is 240 g/mol. The number of nitrogens with two attached hydrogens (primary N) is 1. The summed E-state index contributed by atoms with van der Waals surface area (Å²) in [6.45, 7) is 4.93. The van der Waals surface area contributed by atoms with Crippen molar-refractivity contribution in [1.82, 2.24) is 15.1 Å². The Morgan fingerprint density at radius 3 is 2.81 bits per heavy atom. The van der Waals surface area contributed by atoms with Crippen molar-refractivity contribution in [2.45, 2.75) is 20.3 Å². The zero-order valence-electron chi connectivity index (χ0n) is 9.49. The molecule has 0 aromatic carbocycles. The van der Waals surface area contributed by atoms with Crippen LogP contribution in [0.3, 0.4) is 0 Å². The molecular formula is C10H16N4OS. The highest BCUT2D eigenvalue weighted by Crippen LogP contribution is 2.07. The van der Waals surface area contributed by atoms with Crippen LogP contribution in [0.1, 0.15) is 29.4 Å². The molecule has 1 heterocycles. The Kier molecular flexibility index (Phi) is 4.42. The maximum Gasteiger partial charge on any atom is 0.257 e. The number of hydrogen-bond donors (Lipinski definition) is 2. The summed E-state index contributed by atoms with van der Waals surface area (Å²) in [6, 6.07) is 0.